The second-order valence-electron chi connectivity index (χ2n) is 7.65. The van der Waals surface area contributed by atoms with Gasteiger partial charge in [-0.15, -0.1) is 0 Å². The van der Waals surface area contributed by atoms with Crippen molar-refractivity contribution in [3.05, 3.63) is 46.8 Å². The molecular weight excluding hydrogens is 397 g/mol. The van der Waals surface area contributed by atoms with Crippen molar-refractivity contribution >= 4 is 5.78 Å². The van der Waals surface area contributed by atoms with Crippen molar-refractivity contribution in [3.8, 4) is 11.5 Å². The molecule has 1 aromatic carbocycles. The Morgan fingerprint density at radius 1 is 1.17 bits per heavy atom. The number of benzene rings is 1. The first-order valence-electron chi connectivity index (χ1n) is 9.87. The Hall–Kier alpha value is -2.48. The first-order chi connectivity index (χ1) is 14.1. The van der Waals surface area contributed by atoms with Crippen LogP contribution in [-0.2, 0) is 6.54 Å². The molecule has 0 saturated carbocycles. The van der Waals surface area contributed by atoms with Gasteiger partial charge in [-0.05, 0) is 45.4 Å². The van der Waals surface area contributed by atoms with Crippen LogP contribution in [0, 0.1) is 13.8 Å². The number of Topliss-reactive ketones (excluding diaryl/α,β-unsaturated/α-hetero) is 1. The Balaban J connectivity index is 1.81. The number of ether oxygens (including phenoxy) is 2. The minimum atomic E-state index is -4.33. The summed E-state index contributed by atoms with van der Waals surface area (Å²) in [5.74, 6) is 1.21. The van der Waals surface area contributed by atoms with Gasteiger partial charge in [-0.1, -0.05) is 6.07 Å². The van der Waals surface area contributed by atoms with Gasteiger partial charge in [0.05, 0.1) is 20.8 Å². The van der Waals surface area contributed by atoms with Gasteiger partial charge in [0.25, 0.3) is 0 Å². The van der Waals surface area contributed by atoms with Crippen LogP contribution >= 0.6 is 0 Å². The number of hydrogen-bond acceptors (Lipinski definition) is 4. The number of aryl methyl sites for hydroxylation is 1. The van der Waals surface area contributed by atoms with Gasteiger partial charge in [-0.3, -0.25) is 9.69 Å². The average Bonchev–Trinajstić information content (AvgIpc) is 3.25. The molecule has 2 heterocycles. The molecule has 0 aliphatic carbocycles. The molecule has 30 heavy (non-hydrogen) atoms. The van der Waals surface area contributed by atoms with Crippen LogP contribution in [0.15, 0.2) is 24.3 Å². The summed E-state index contributed by atoms with van der Waals surface area (Å²) in [5, 5.41) is 0. The maximum absolute atomic E-state index is 13.0. The summed E-state index contributed by atoms with van der Waals surface area (Å²) in [5.41, 5.74) is 2.12. The lowest BCUT2D eigenvalue weighted by Crippen LogP contribution is -2.30. The lowest BCUT2D eigenvalue weighted by atomic mass is 10.0. The highest BCUT2D eigenvalue weighted by Gasteiger charge is 2.33. The first-order valence-corrected chi connectivity index (χ1v) is 9.87. The van der Waals surface area contributed by atoms with Crippen LogP contribution in [-0.4, -0.2) is 48.7 Å². The molecule has 1 atom stereocenters. The number of methoxy groups -OCH3 is 2. The standard InChI is InChI=1S/C22H27F3N2O3/c1-14-10-18(15(2)27(14)13-22(23,24)25)20(28)12-26-9-5-6-19(26)17-8-7-16(29-3)11-21(17)30-4/h7-8,10-11,19H,5-6,9,12-13H2,1-4H3. The Morgan fingerprint density at radius 2 is 1.90 bits per heavy atom. The fraction of sp³-hybridized carbons (Fsp3) is 0.500. The topological polar surface area (TPSA) is 43.7 Å². The molecule has 1 aliphatic heterocycles. The van der Waals surface area contributed by atoms with E-state index < -0.39 is 12.7 Å². The van der Waals surface area contributed by atoms with Gasteiger partial charge in [-0.2, -0.15) is 13.2 Å². The van der Waals surface area contributed by atoms with Crippen LogP contribution in [0.5, 0.6) is 11.5 Å². The van der Waals surface area contributed by atoms with Gasteiger partial charge in [0, 0.05) is 34.6 Å². The quantitative estimate of drug-likeness (QED) is 0.604. The number of ketones is 1. The Bertz CT molecular complexity index is 921. The molecule has 1 fully saturated rings. The Labute approximate surface area is 174 Å². The Kier molecular flexibility index (Phi) is 6.45. The van der Waals surface area contributed by atoms with Gasteiger partial charge in [-0.25, -0.2) is 0 Å². The van der Waals surface area contributed by atoms with Crippen molar-refractivity contribution in [2.75, 3.05) is 27.3 Å². The van der Waals surface area contributed by atoms with E-state index in [-0.39, 0.29) is 18.4 Å². The molecule has 0 bridgehead atoms. The van der Waals surface area contributed by atoms with Gasteiger partial charge in [0.1, 0.15) is 18.0 Å². The average molecular weight is 424 g/mol. The smallest absolute Gasteiger partial charge is 0.406 e. The number of carbonyl (C=O) groups excluding carboxylic acids is 1. The zero-order chi connectivity index (χ0) is 22.1. The van der Waals surface area contributed by atoms with E-state index in [9.17, 15) is 18.0 Å². The molecule has 0 spiro atoms. The third-order valence-corrected chi connectivity index (χ3v) is 5.72. The number of aromatic nitrogens is 1. The molecule has 2 aromatic rings. The molecule has 1 saturated heterocycles. The second kappa shape index (κ2) is 8.71. The van der Waals surface area contributed by atoms with Gasteiger partial charge in [0.2, 0.25) is 0 Å². The minimum absolute atomic E-state index is 0.00784. The third kappa shape index (κ3) is 4.64. The minimum Gasteiger partial charge on any atom is -0.497 e. The van der Waals surface area contributed by atoms with Crippen LogP contribution in [0.25, 0.3) is 0 Å². The molecule has 0 N–H and O–H groups in total. The maximum Gasteiger partial charge on any atom is 0.406 e. The SMILES string of the molecule is COc1ccc(C2CCCN2CC(=O)c2cc(C)n(CC(F)(F)F)c2C)c(OC)c1. The van der Waals surface area contributed by atoms with Crippen molar-refractivity contribution in [3.63, 3.8) is 0 Å². The summed E-state index contributed by atoms with van der Waals surface area (Å²) < 4.78 is 50.5. The predicted molar refractivity (Wildman–Crippen MR) is 107 cm³/mol. The van der Waals surface area contributed by atoms with Crippen molar-refractivity contribution in [1.29, 1.82) is 0 Å². The summed E-state index contributed by atoms with van der Waals surface area (Å²) >= 11 is 0. The summed E-state index contributed by atoms with van der Waals surface area (Å²) in [6, 6.07) is 7.19. The zero-order valence-corrected chi connectivity index (χ0v) is 17.7. The highest BCUT2D eigenvalue weighted by molar-refractivity contribution is 5.99. The molecule has 1 aromatic heterocycles. The molecule has 1 aliphatic rings. The molecule has 0 radical (unpaired) electrons. The zero-order valence-electron chi connectivity index (χ0n) is 17.7. The number of likely N-dealkylation sites (tertiary alicyclic amines) is 1. The van der Waals surface area contributed by atoms with Crippen molar-refractivity contribution in [1.82, 2.24) is 9.47 Å². The van der Waals surface area contributed by atoms with Gasteiger partial charge in [0.15, 0.2) is 5.78 Å². The first kappa shape index (κ1) is 22.2. The monoisotopic (exact) mass is 424 g/mol. The summed E-state index contributed by atoms with van der Waals surface area (Å²) in [6.07, 6.45) is -2.52. The highest BCUT2D eigenvalue weighted by atomic mass is 19.4. The van der Waals surface area contributed by atoms with E-state index in [2.05, 4.69) is 4.90 Å². The number of halogens is 3. The van der Waals surface area contributed by atoms with E-state index >= 15 is 0 Å². The molecule has 1 unspecified atom stereocenters. The van der Waals surface area contributed by atoms with E-state index in [1.165, 1.54) is 0 Å². The highest BCUT2D eigenvalue weighted by Crippen LogP contribution is 2.38. The number of alkyl halides is 3. The molecule has 0 amide bonds. The van der Waals surface area contributed by atoms with Crippen LogP contribution in [0.2, 0.25) is 0 Å². The largest absolute Gasteiger partial charge is 0.497 e. The predicted octanol–water partition coefficient (Wildman–Crippen LogP) is 4.70. The van der Waals surface area contributed by atoms with Gasteiger partial charge >= 0.3 is 6.18 Å². The fourth-order valence-electron chi connectivity index (χ4n) is 4.24. The van der Waals surface area contributed by atoms with Crippen LogP contribution in [0.3, 0.4) is 0 Å². The number of rotatable bonds is 7. The van der Waals surface area contributed by atoms with Crippen LogP contribution in [0.4, 0.5) is 13.2 Å². The summed E-state index contributed by atoms with van der Waals surface area (Å²) in [4.78, 5) is 15.1. The number of carbonyl (C=O) groups is 1. The Morgan fingerprint density at radius 3 is 2.53 bits per heavy atom. The van der Waals surface area contributed by atoms with E-state index in [0.29, 0.717) is 28.5 Å². The van der Waals surface area contributed by atoms with Crippen molar-refractivity contribution < 1.29 is 27.4 Å². The molecular formula is C22H27F3N2O3. The summed E-state index contributed by atoms with van der Waals surface area (Å²) in [6.45, 7) is 2.96. The van der Waals surface area contributed by atoms with Gasteiger partial charge < -0.3 is 14.0 Å². The lowest BCUT2D eigenvalue weighted by molar-refractivity contribution is -0.141. The normalized spacial score (nSPS) is 17.4. The molecule has 5 nitrogen and oxygen atoms in total. The van der Waals surface area contributed by atoms with E-state index in [1.54, 1.807) is 34.1 Å². The lowest BCUT2D eigenvalue weighted by Gasteiger charge is -2.25. The van der Waals surface area contributed by atoms with Crippen LogP contribution in [0.1, 0.15) is 46.2 Å². The second-order valence-corrected chi connectivity index (χ2v) is 7.65. The van der Waals surface area contributed by atoms with Crippen LogP contribution < -0.4 is 9.47 Å². The number of hydrogen-bond donors (Lipinski definition) is 0. The molecule has 164 valence electrons. The van der Waals surface area contributed by atoms with E-state index in [1.807, 2.05) is 18.2 Å². The van der Waals surface area contributed by atoms with Crippen molar-refractivity contribution in [2.24, 2.45) is 0 Å². The molecule has 3 rings (SSSR count). The van der Waals surface area contributed by atoms with Crippen molar-refractivity contribution in [2.45, 2.75) is 45.5 Å². The van der Waals surface area contributed by atoms with E-state index in [4.69, 9.17) is 9.47 Å². The fourth-order valence-corrected chi connectivity index (χ4v) is 4.24. The summed E-state index contributed by atoms with van der Waals surface area (Å²) in [7, 11) is 3.18. The van der Waals surface area contributed by atoms with E-state index in [0.717, 1.165) is 29.5 Å². The third-order valence-electron chi connectivity index (χ3n) is 5.72. The molecule has 8 heteroatoms. The number of nitrogens with zero attached hydrogens (tertiary/aromatic N) is 2. The maximum atomic E-state index is 13.0.